The van der Waals surface area contributed by atoms with E-state index < -0.39 is 0 Å². The summed E-state index contributed by atoms with van der Waals surface area (Å²) in [6.07, 6.45) is 8.69. The van der Waals surface area contributed by atoms with Gasteiger partial charge in [-0.15, -0.1) is 0 Å². The Bertz CT molecular complexity index is 340. The third-order valence-electron chi connectivity index (χ3n) is 3.73. The Balaban J connectivity index is 1.80. The molecule has 0 aromatic carbocycles. The predicted octanol–water partition coefficient (Wildman–Crippen LogP) is 2.96. The molecule has 0 aliphatic carbocycles. The lowest BCUT2D eigenvalue weighted by atomic mass is 10.2. The van der Waals surface area contributed by atoms with E-state index in [0.29, 0.717) is 0 Å². The van der Waals surface area contributed by atoms with Crippen LogP contribution in [0.4, 0.5) is 0 Å². The lowest BCUT2D eigenvalue weighted by Crippen LogP contribution is -2.24. The Hall–Kier alpha value is -0.930. The summed E-state index contributed by atoms with van der Waals surface area (Å²) in [5, 5.41) is 3.41. The van der Waals surface area contributed by atoms with Gasteiger partial charge in [-0.25, -0.2) is 0 Å². The molecular weight excluding hydrogens is 234 g/mol. The average molecular weight is 261 g/mol. The van der Waals surface area contributed by atoms with Crippen LogP contribution in [-0.4, -0.2) is 29.5 Å². The quantitative estimate of drug-likeness (QED) is 0.798. The molecule has 1 fully saturated rings. The largest absolute Gasteiger partial charge is 0.313 e. The van der Waals surface area contributed by atoms with Gasteiger partial charge >= 0.3 is 0 Å². The van der Waals surface area contributed by atoms with Crippen LogP contribution in [0.3, 0.4) is 0 Å². The van der Waals surface area contributed by atoms with Gasteiger partial charge in [0.2, 0.25) is 0 Å². The number of likely N-dealkylation sites (tertiary alicyclic amines) is 1. The maximum absolute atomic E-state index is 4.60. The Morgan fingerprint density at radius 1 is 1.16 bits per heavy atom. The van der Waals surface area contributed by atoms with Crippen LogP contribution in [0.2, 0.25) is 0 Å². The van der Waals surface area contributed by atoms with Crippen molar-refractivity contribution in [3.63, 3.8) is 0 Å². The third kappa shape index (κ3) is 5.29. The minimum absolute atomic E-state index is 0.935. The summed E-state index contributed by atoms with van der Waals surface area (Å²) < 4.78 is 0. The van der Waals surface area contributed by atoms with Crippen molar-refractivity contribution in [2.24, 2.45) is 0 Å². The molecule has 0 unspecified atom stereocenters. The average Bonchev–Trinajstić information content (AvgIpc) is 2.70. The van der Waals surface area contributed by atoms with Crippen LogP contribution >= 0.6 is 0 Å². The molecule has 106 valence electrons. The Morgan fingerprint density at radius 3 is 2.58 bits per heavy atom. The van der Waals surface area contributed by atoms with E-state index in [1.165, 1.54) is 56.5 Å². The zero-order valence-corrected chi connectivity index (χ0v) is 12.2. The van der Waals surface area contributed by atoms with Crippen molar-refractivity contribution in [1.82, 2.24) is 15.2 Å². The molecule has 2 rings (SSSR count). The molecule has 0 saturated carbocycles. The molecule has 1 aliphatic heterocycles. The first-order valence-corrected chi connectivity index (χ1v) is 7.75. The molecule has 1 N–H and O–H groups in total. The highest BCUT2D eigenvalue weighted by Crippen LogP contribution is 2.12. The number of hydrogen-bond donors (Lipinski definition) is 1. The molecule has 0 spiro atoms. The van der Waals surface area contributed by atoms with Gasteiger partial charge in [0.1, 0.15) is 0 Å². The Kier molecular flexibility index (Phi) is 6.31. The topological polar surface area (TPSA) is 28.2 Å². The monoisotopic (exact) mass is 261 g/mol. The fourth-order valence-corrected chi connectivity index (χ4v) is 2.59. The smallest absolute Gasteiger partial charge is 0.0544 e. The number of rotatable bonds is 6. The zero-order valence-electron chi connectivity index (χ0n) is 12.2. The Morgan fingerprint density at radius 2 is 1.95 bits per heavy atom. The summed E-state index contributed by atoms with van der Waals surface area (Å²) in [5.74, 6) is 0. The molecular formula is C16H27N3. The first kappa shape index (κ1) is 14.5. The summed E-state index contributed by atoms with van der Waals surface area (Å²) in [4.78, 5) is 7.15. The van der Waals surface area contributed by atoms with Crippen molar-refractivity contribution < 1.29 is 0 Å². The van der Waals surface area contributed by atoms with Gasteiger partial charge in [0.05, 0.1) is 5.69 Å². The van der Waals surface area contributed by atoms with Crippen LogP contribution in [-0.2, 0) is 13.1 Å². The molecule has 19 heavy (non-hydrogen) atoms. The highest BCUT2D eigenvalue weighted by Gasteiger charge is 2.09. The molecule has 3 heteroatoms. The first-order valence-electron chi connectivity index (χ1n) is 7.75. The highest BCUT2D eigenvalue weighted by atomic mass is 15.1. The molecule has 0 bridgehead atoms. The van der Waals surface area contributed by atoms with Crippen LogP contribution in [0.1, 0.15) is 50.3 Å². The number of pyridine rings is 1. The van der Waals surface area contributed by atoms with Crippen LogP contribution in [0.15, 0.2) is 18.3 Å². The van der Waals surface area contributed by atoms with E-state index >= 15 is 0 Å². The standard InChI is InChI=1S/C16H27N3/c1-2-9-17-12-15-7-8-16(18-13-15)14-19-10-5-3-4-6-11-19/h7-8,13,17H,2-6,9-12,14H2,1H3. The molecule has 1 aromatic rings. The van der Waals surface area contributed by atoms with Gasteiger partial charge in [-0.3, -0.25) is 9.88 Å². The normalized spacial score (nSPS) is 17.3. The summed E-state index contributed by atoms with van der Waals surface area (Å²) >= 11 is 0. The molecule has 3 nitrogen and oxygen atoms in total. The molecule has 2 heterocycles. The second-order valence-electron chi connectivity index (χ2n) is 5.52. The van der Waals surface area contributed by atoms with Gasteiger partial charge in [-0.05, 0) is 50.5 Å². The van der Waals surface area contributed by atoms with E-state index in [2.05, 4.69) is 34.3 Å². The molecule has 0 amide bonds. The number of aromatic nitrogens is 1. The fourth-order valence-electron chi connectivity index (χ4n) is 2.59. The van der Waals surface area contributed by atoms with Crippen molar-refractivity contribution in [3.05, 3.63) is 29.6 Å². The predicted molar refractivity (Wildman–Crippen MR) is 80.0 cm³/mol. The second kappa shape index (κ2) is 8.28. The number of hydrogen-bond acceptors (Lipinski definition) is 3. The zero-order chi connectivity index (χ0) is 13.3. The summed E-state index contributed by atoms with van der Waals surface area (Å²) in [6.45, 7) is 7.70. The van der Waals surface area contributed by atoms with E-state index in [-0.39, 0.29) is 0 Å². The van der Waals surface area contributed by atoms with E-state index in [4.69, 9.17) is 0 Å². The van der Waals surface area contributed by atoms with Crippen molar-refractivity contribution in [1.29, 1.82) is 0 Å². The molecule has 1 aliphatic rings. The van der Waals surface area contributed by atoms with Gasteiger partial charge in [0.25, 0.3) is 0 Å². The molecule has 1 aromatic heterocycles. The lowest BCUT2D eigenvalue weighted by molar-refractivity contribution is 0.273. The van der Waals surface area contributed by atoms with Crippen molar-refractivity contribution in [3.8, 4) is 0 Å². The minimum Gasteiger partial charge on any atom is -0.313 e. The molecule has 1 saturated heterocycles. The fraction of sp³-hybridized carbons (Fsp3) is 0.688. The van der Waals surface area contributed by atoms with Crippen LogP contribution in [0.25, 0.3) is 0 Å². The van der Waals surface area contributed by atoms with Gasteiger partial charge in [-0.2, -0.15) is 0 Å². The Labute approximate surface area is 117 Å². The van der Waals surface area contributed by atoms with Gasteiger partial charge < -0.3 is 5.32 Å². The van der Waals surface area contributed by atoms with Crippen molar-refractivity contribution in [2.75, 3.05) is 19.6 Å². The van der Waals surface area contributed by atoms with Gasteiger partial charge in [0.15, 0.2) is 0 Å². The second-order valence-corrected chi connectivity index (χ2v) is 5.52. The van der Waals surface area contributed by atoms with E-state index in [9.17, 15) is 0 Å². The van der Waals surface area contributed by atoms with E-state index in [1.54, 1.807) is 0 Å². The number of nitrogens with one attached hydrogen (secondary N) is 1. The SMILES string of the molecule is CCCNCc1ccc(CN2CCCCCC2)nc1. The lowest BCUT2D eigenvalue weighted by Gasteiger charge is -2.19. The molecule has 0 atom stereocenters. The summed E-state index contributed by atoms with van der Waals surface area (Å²) in [5.41, 5.74) is 2.49. The first-order chi connectivity index (χ1) is 9.38. The summed E-state index contributed by atoms with van der Waals surface area (Å²) in [6, 6.07) is 4.40. The van der Waals surface area contributed by atoms with Crippen molar-refractivity contribution >= 4 is 0 Å². The van der Waals surface area contributed by atoms with Crippen molar-refractivity contribution in [2.45, 2.75) is 52.1 Å². The van der Waals surface area contributed by atoms with E-state index in [1.807, 2.05) is 6.20 Å². The molecule has 0 radical (unpaired) electrons. The highest BCUT2D eigenvalue weighted by molar-refractivity contribution is 5.14. The summed E-state index contributed by atoms with van der Waals surface area (Å²) in [7, 11) is 0. The maximum atomic E-state index is 4.60. The van der Waals surface area contributed by atoms with Crippen LogP contribution < -0.4 is 5.32 Å². The van der Waals surface area contributed by atoms with Gasteiger partial charge in [-0.1, -0.05) is 25.8 Å². The van der Waals surface area contributed by atoms with Crippen LogP contribution in [0.5, 0.6) is 0 Å². The van der Waals surface area contributed by atoms with Gasteiger partial charge in [0, 0.05) is 19.3 Å². The van der Waals surface area contributed by atoms with Crippen LogP contribution in [0, 0.1) is 0 Å². The number of nitrogens with zero attached hydrogens (tertiary/aromatic N) is 2. The third-order valence-corrected chi connectivity index (χ3v) is 3.73. The van der Waals surface area contributed by atoms with E-state index in [0.717, 1.165) is 19.6 Å². The maximum Gasteiger partial charge on any atom is 0.0544 e. The minimum atomic E-state index is 0.935.